The molecule has 4 nitrogen and oxygen atoms in total. The van der Waals surface area contributed by atoms with E-state index in [2.05, 4.69) is 31.1 Å². The normalized spacial score (nSPS) is 18.4. The number of carbonyl (C=O) groups excluding carboxylic acids is 1. The van der Waals surface area contributed by atoms with Gasteiger partial charge in [-0.05, 0) is 52.1 Å². The predicted molar refractivity (Wildman–Crippen MR) is 79.9 cm³/mol. The number of nitrogens with one attached hydrogen (secondary N) is 1. The zero-order chi connectivity index (χ0) is 14.3. The van der Waals surface area contributed by atoms with Gasteiger partial charge in [-0.25, -0.2) is 0 Å². The second-order valence-corrected chi connectivity index (χ2v) is 5.94. The molecule has 4 heteroatoms. The Hall–Kier alpha value is -0.610. The summed E-state index contributed by atoms with van der Waals surface area (Å²) < 4.78 is 0. The van der Waals surface area contributed by atoms with Crippen LogP contribution in [-0.4, -0.2) is 43.0 Å². The van der Waals surface area contributed by atoms with E-state index >= 15 is 0 Å². The molecule has 1 aliphatic carbocycles. The molecule has 19 heavy (non-hydrogen) atoms. The first-order chi connectivity index (χ1) is 9.08. The number of nitrogens with two attached hydrogens (primary N) is 1. The van der Waals surface area contributed by atoms with Crippen molar-refractivity contribution in [1.29, 1.82) is 0 Å². The Morgan fingerprint density at radius 3 is 2.63 bits per heavy atom. The Labute approximate surface area is 118 Å². The maximum absolute atomic E-state index is 11.8. The van der Waals surface area contributed by atoms with Crippen molar-refractivity contribution in [2.45, 2.75) is 64.5 Å². The van der Waals surface area contributed by atoms with Crippen LogP contribution in [0, 0.1) is 5.92 Å². The molecule has 0 heterocycles. The Morgan fingerprint density at radius 2 is 2.11 bits per heavy atom. The van der Waals surface area contributed by atoms with Crippen molar-refractivity contribution >= 4 is 5.91 Å². The molecule has 1 aliphatic rings. The van der Waals surface area contributed by atoms with E-state index in [1.165, 1.54) is 12.8 Å². The largest absolute Gasteiger partial charge is 0.355 e. The van der Waals surface area contributed by atoms with Crippen LogP contribution in [0.2, 0.25) is 0 Å². The lowest BCUT2D eigenvalue weighted by molar-refractivity contribution is -0.121. The third kappa shape index (κ3) is 6.39. The van der Waals surface area contributed by atoms with Crippen molar-refractivity contribution in [2.75, 3.05) is 20.1 Å². The van der Waals surface area contributed by atoms with Crippen LogP contribution in [0.15, 0.2) is 0 Å². The summed E-state index contributed by atoms with van der Waals surface area (Å²) in [5, 5.41) is 3.06. The average molecular weight is 269 g/mol. The van der Waals surface area contributed by atoms with Gasteiger partial charge in [0.05, 0.1) is 0 Å². The molecule has 0 spiro atoms. The summed E-state index contributed by atoms with van der Waals surface area (Å²) in [7, 11) is 2.16. The van der Waals surface area contributed by atoms with Gasteiger partial charge in [-0.15, -0.1) is 0 Å². The van der Waals surface area contributed by atoms with Gasteiger partial charge >= 0.3 is 0 Å². The lowest BCUT2D eigenvalue weighted by Gasteiger charge is -2.24. The summed E-state index contributed by atoms with van der Waals surface area (Å²) >= 11 is 0. The second kappa shape index (κ2) is 8.54. The summed E-state index contributed by atoms with van der Waals surface area (Å²) in [4.78, 5) is 14.2. The van der Waals surface area contributed by atoms with E-state index in [0.717, 1.165) is 38.4 Å². The van der Waals surface area contributed by atoms with Crippen LogP contribution in [0.3, 0.4) is 0 Å². The SMILES string of the molecule is CCC(CCN)CCC(=O)NCC(C)N(C)C1CC1. The molecule has 0 bridgehead atoms. The number of hydrogen-bond acceptors (Lipinski definition) is 3. The fraction of sp³-hybridized carbons (Fsp3) is 0.933. The number of carbonyl (C=O) groups is 1. The fourth-order valence-corrected chi connectivity index (χ4v) is 2.46. The highest BCUT2D eigenvalue weighted by Crippen LogP contribution is 2.26. The lowest BCUT2D eigenvalue weighted by atomic mass is 9.96. The third-order valence-electron chi connectivity index (χ3n) is 4.34. The molecular weight excluding hydrogens is 238 g/mol. The maximum Gasteiger partial charge on any atom is 0.220 e. The quantitative estimate of drug-likeness (QED) is 0.635. The molecule has 2 unspecified atom stereocenters. The highest BCUT2D eigenvalue weighted by molar-refractivity contribution is 5.75. The van der Waals surface area contributed by atoms with E-state index < -0.39 is 0 Å². The molecule has 0 aromatic heterocycles. The maximum atomic E-state index is 11.8. The molecule has 112 valence electrons. The Bertz CT molecular complexity index is 266. The van der Waals surface area contributed by atoms with Crippen LogP contribution in [0.25, 0.3) is 0 Å². The molecule has 0 radical (unpaired) electrons. The van der Waals surface area contributed by atoms with E-state index in [1.807, 2.05) is 0 Å². The Morgan fingerprint density at radius 1 is 1.42 bits per heavy atom. The van der Waals surface area contributed by atoms with Gasteiger partial charge in [-0.2, -0.15) is 0 Å². The first-order valence-electron chi connectivity index (χ1n) is 7.77. The van der Waals surface area contributed by atoms with Crippen molar-refractivity contribution in [2.24, 2.45) is 11.7 Å². The summed E-state index contributed by atoms with van der Waals surface area (Å²) in [5.74, 6) is 0.786. The summed E-state index contributed by atoms with van der Waals surface area (Å²) in [5.41, 5.74) is 5.57. The molecular formula is C15H31N3O. The van der Waals surface area contributed by atoms with E-state index in [4.69, 9.17) is 5.73 Å². The van der Waals surface area contributed by atoms with Crippen molar-refractivity contribution < 1.29 is 4.79 Å². The third-order valence-corrected chi connectivity index (χ3v) is 4.34. The minimum atomic E-state index is 0.187. The fourth-order valence-electron chi connectivity index (χ4n) is 2.46. The smallest absolute Gasteiger partial charge is 0.220 e. The first kappa shape index (κ1) is 16.4. The zero-order valence-corrected chi connectivity index (χ0v) is 12.8. The van der Waals surface area contributed by atoms with Gasteiger partial charge in [-0.3, -0.25) is 9.69 Å². The monoisotopic (exact) mass is 269 g/mol. The van der Waals surface area contributed by atoms with Gasteiger partial charge in [0.2, 0.25) is 5.91 Å². The molecule has 1 fully saturated rings. The van der Waals surface area contributed by atoms with Gasteiger partial charge in [0.1, 0.15) is 0 Å². The average Bonchev–Trinajstić information content (AvgIpc) is 3.24. The van der Waals surface area contributed by atoms with Crippen LogP contribution in [-0.2, 0) is 4.79 Å². The van der Waals surface area contributed by atoms with Crippen molar-refractivity contribution in [1.82, 2.24) is 10.2 Å². The van der Waals surface area contributed by atoms with Gasteiger partial charge < -0.3 is 11.1 Å². The van der Waals surface area contributed by atoms with Gasteiger partial charge in [-0.1, -0.05) is 13.3 Å². The second-order valence-electron chi connectivity index (χ2n) is 5.94. The topological polar surface area (TPSA) is 58.4 Å². The van der Waals surface area contributed by atoms with Crippen molar-refractivity contribution in [3.8, 4) is 0 Å². The lowest BCUT2D eigenvalue weighted by Crippen LogP contribution is -2.41. The summed E-state index contributed by atoms with van der Waals surface area (Å²) in [6.45, 7) is 5.84. The summed E-state index contributed by atoms with van der Waals surface area (Å²) in [6, 6.07) is 1.18. The van der Waals surface area contributed by atoms with Crippen LogP contribution in [0.5, 0.6) is 0 Å². The van der Waals surface area contributed by atoms with Crippen LogP contribution < -0.4 is 11.1 Å². The zero-order valence-electron chi connectivity index (χ0n) is 12.8. The molecule has 0 aromatic carbocycles. The van der Waals surface area contributed by atoms with Gasteiger partial charge in [0, 0.05) is 25.0 Å². The van der Waals surface area contributed by atoms with E-state index in [-0.39, 0.29) is 5.91 Å². The number of nitrogens with zero attached hydrogens (tertiary/aromatic N) is 1. The number of rotatable bonds is 10. The van der Waals surface area contributed by atoms with Crippen LogP contribution in [0.4, 0.5) is 0 Å². The van der Waals surface area contributed by atoms with Crippen LogP contribution in [0.1, 0.15) is 52.4 Å². The summed E-state index contributed by atoms with van der Waals surface area (Å²) in [6.07, 6.45) is 6.37. The van der Waals surface area contributed by atoms with Crippen LogP contribution >= 0.6 is 0 Å². The van der Waals surface area contributed by atoms with E-state index in [0.29, 0.717) is 18.4 Å². The number of amides is 1. The highest BCUT2D eigenvalue weighted by atomic mass is 16.1. The number of hydrogen-bond donors (Lipinski definition) is 2. The highest BCUT2D eigenvalue weighted by Gasteiger charge is 2.29. The Balaban J connectivity index is 2.12. The molecule has 1 saturated carbocycles. The molecule has 3 N–H and O–H groups in total. The minimum absolute atomic E-state index is 0.187. The first-order valence-corrected chi connectivity index (χ1v) is 7.77. The molecule has 0 aromatic rings. The Kier molecular flexibility index (Phi) is 7.39. The van der Waals surface area contributed by atoms with Gasteiger partial charge in [0.15, 0.2) is 0 Å². The number of likely N-dealkylation sites (N-methyl/N-ethyl adjacent to an activating group) is 1. The van der Waals surface area contributed by atoms with E-state index in [9.17, 15) is 4.79 Å². The molecule has 0 aliphatic heterocycles. The molecule has 1 amide bonds. The minimum Gasteiger partial charge on any atom is -0.355 e. The molecule has 1 rings (SSSR count). The predicted octanol–water partition coefficient (Wildman–Crippen LogP) is 1.74. The van der Waals surface area contributed by atoms with E-state index in [1.54, 1.807) is 0 Å². The standard InChI is InChI=1S/C15H31N3O/c1-4-13(9-10-16)5-8-15(19)17-11-12(2)18(3)14-6-7-14/h12-14H,4-11,16H2,1-3H3,(H,17,19). The van der Waals surface area contributed by atoms with Crippen molar-refractivity contribution in [3.63, 3.8) is 0 Å². The van der Waals surface area contributed by atoms with Gasteiger partial charge in [0.25, 0.3) is 0 Å². The molecule has 0 saturated heterocycles. The van der Waals surface area contributed by atoms with Crippen molar-refractivity contribution in [3.05, 3.63) is 0 Å². The molecule has 2 atom stereocenters.